The number of likely N-dealkylation sites (tertiary alicyclic amines) is 1. The van der Waals surface area contributed by atoms with Crippen LogP contribution in [-0.2, 0) is 6.42 Å². The van der Waals surface area contributed by atoms with Crippen LogP contribution in [0.4, 0.5) is 0 Å². The maximum absolute atomic E-state index is 12.8. The average Bonchev–Trinajstić information content (AvgIpc) is 2.66. The van der Waals surface area contributed by atoms with Gasteiger partial charge in [-0.3, -0.25) is 4.79 Å². The van der Waals surface area contributed by atoms with Crippen LogP contribution < -0.4 is 4.74 Å². The minimum absolute atomic E-state index is 0.0615. The summed E-state index contributed by atoms with van der Waals surface area (Å²) in [7, 11) is 1.68. The second kappa shape index (κ2) is 8.26. The molecule has 138 valence electrons. The summed E-state index contributed by atoms with van der Waals surface area (Å²) in [5.74, 6) is 1.39. The highest BCUT2D eigenvalue weighted by atomic mass is 16.5. The van der Waals surface area contributed by atoms with Crippen LogP contribution in [-0.4, -0.2) is 36.1 Å². The number of hydrogen-bond acceptors (Lipinski definition) is 3. The zero-order valence-corrected chi connectivity index (χ0v) is 15.6. The summed E-state index contributed by atoms with van der Waals surface area (Å²) < 4.78 is 5.29. The third-order valence-electron chi connectivity index (χ3n) is 5.17. The molecule has 1 aliphatic heterocycles. The first-order valence-corrected chi connectivity index (χ1v) is 9.28. The Labute approximate surface area is 155 Å². The summed E-state index contributed by atoms with van der Waals surface area (Å²) >= 11 is 0. The zero-order chi connectivity index (χ0) is 18.5. The van der Waals surface area contributed by atoms with Gasteiger partial charge in [-0.25, -0.2) is 0 Å². The van der Waals surface area contributed by atoms with Crippen molar-refractivity contribution in [3.63, 3.8) is 0 Å². The SMILES string of the molecule is COc1cccc(CCC2CCCN(C(=O)c3ccc(C)cc3O)C2)c1. The Morgan fingerprint density at radius 1 is 1.27 bits per heavy atom. The lowest BCUT2D eigenvalue weighted by Crippen LogP contribution is -2.40. The van der Waals surface area contributed by atoms with E-state index >= 15 is 0 Å². The summed E-state index contributed by atoms with van der Waals surface area (Å²) in [6.07, 6.45) is 4.20. The quantitative estimate of drug-likeness (QED) is 0.877. The molecule has 3 rings (SSSR count). The van der Waals surface area contributed by atoms with E-state index < -0.39 is 0 Å². The van der Waals surface area contributed by atoms with Crippen LogP contribution in [0.1, 0.15) is 40.7 Å². The number of piperidine rings is 1. The zero-order valence-electron chi connectivity index (χ0n) is 15.6. The number of phenolic OH excluding ortho intramolecular Hbond substituents is 1. The molecule has 1 saturated heterocycles. The van der Waals surface area contributed by atoms with E-state index in [1.807, 2.05) is 30.0 Å². The number of aromatic hydroxyl groups is 1. The standard InChI is InChI=1S/C22H27NO3/c1-16-8-11-20(21(24)13-16)22(25)23-12-4-6-18(15-23)10-9-17-5-3-7-19(14-17)26-2/h3,5,7-8,11,13-14,18,24H,4,6,9-10,12,15H2,1-2H3. The van der Waals surface area contributed by atoms with E-state index in [4.69, 9.17) is 4.74 Å². The smallest absolute Gasteiger partial charge is 0.257 e. The molecule has 1 aliphatic rings. The highest BCUT2D eigenvalue weighted by Gasteiger charge is 2.25. The Hall–Kier alpha value is -2.49. The van der Waals surface area contributed by atoms with Crippen LogP contribution in [0, 0.1) is 12.8 Å². The average molecular weight is 353 g/mol. The van der Waals surface area contributed by atoms with Crippen LogP contribution in [0.3, 0.4) is 0 Å². The van der Waals surface area contributed by atoms with E-state index in [9.17, 15) is 9.90 Å². The lowest BCUT2D eigenvalue weighted by molar-refractivity contribution is 0.0665. The number of phenols is 1. The normalized spacial score (nSPS) is 17.2. The van der Waals surface area contributed by atoms with Crippen LogP contribution in [0.25, 0.3) is 0 Å². The summed E-state index contributed by atoms with van der Waals surface area (Å²) in [4.78, 5) is 14.7. The Balaban J connectivity index is 1.60. The Bertz CT molecular complexity index is 772. The molecule has 0 radical (unpaired) electrons. The highest BCUT2D eigenvalue weighted by Crippen LogP contribution is 2.26. The molecule has 2 aromatic carbocycles. The number of amides is 1. The predicted molar refractivity (Wildman–Crippen MR) is 103 cm³/mol. The molecule has 1 unspecified atom stereocenters. The molecule has 0 aromatic heterocycles. The Kier molecular flexibility index (Phi) is 5.82. The predicted octanol–water partition coefficient (Wildman–Crippen LogP) is 4.19. The fourth-order valence-corrected chi connectivity index (χ4v) is 3.68. The van der Waals surface area contributed by atoms with E-state index in [0.717, 1.165) is 50.1 Å². The van der Waals surface area contributed by atoms with Gasteiger partial charge in [0.25, 0.3) is 5.91 Å². The first-order chi connectivity index (χ1) is 12.6. The molecule has 1 heterocycles. The van der Waals surface area contributed by atoms with Crippen molar-refractivity contribution < 1.29 is 14.6 Å². The molecule has 1 atom stereocenters. The molecule has 4 nitrogen and oxygen atoms in total. The molecule has 0 aliphatic carbocycles. The third-order valence-corrected chi connectivity index (χ3v) is 5.17. The van der Waals surface area contributed by atoms with Crippen LogP contribution in [0.2, 0.25) is 0 Å². The van der Waals surface area contributed by atoms with E-state index in [0.29, 0.717) is 11.5 Å². The number of hydrogen-bond donors (Lipinski definition) is 1. The molecule has 0 saturated carbocycles. The van der Waals surface area contributed by atoms with E-state index in [1.54, 1.807) is 19.2 Å². The number of benzene rings is 2. The van der Waals surface area contributed by atoms with Gasteiger partial charge in [-0.05, 0) is 73.9 Å². The second-order valence-electron chi connectivity index (χ2n) is 7.17. The van der Waals surface area contributed by atoms with Crippen molar-refractivity contribution in [1.29, 1.82) is 0 Å². The largest absolute Gasteiger partial charge is 0.507 e. The number of carbonyl (C=O) groups excluding carboxylic acids is 1. The fraction of sp³-hybridized carbons (Fsp3) is 0.409. The van der Waals surface area contributed by atoms with Gasteiger partial charge in [-0.2, -0.15) is 0 Å². The van der Waals surface area contributed by atoms with Gasteiger partial charge < -0.3 is 14.7 Å². The van der Waals surface area contributed by atoms with E-state index in [-0.39, 0.29) is 11.7 Å². The van der Waals surface area contributed by atoms with Gasteiger partial charge in [0.05, 0.1) is 12.7 Å². The minimum Gasteiger partial charge on any atom is -0.507 e. The molecule has 1 N–H and O–H groups in total. The highest BCUT2D eigenvalue weighted by molar-refractivity contribution is 5.97. The second-order valence-corrected chi connectivity index (χ2v) is 7.17. The summed E-state index contributed by atoms with van der Waals surface area (Å²) in [5, 5.41) is 10.1. The van der Waals surface area contributed by atoms with Gasteiger partial charge >= 0.3 is 0 Å². The molecule has 1 amide bonds. The maximum atomic E-state index is 12.8. The van der Waals surface area contributed by atoms with Crippen molar-refractivity contribution in [2.75, 3.05) is 20.2 Å². The van der Waals surface area contributed by atoms with Crippen molar-refractivity contribution in [2.24, 2.45) is 5.92 Å². The Morgan fingerprint density at radius 3 is 2.88 bits per heavy atom. The molecule has 0 spiro atoms. The molecule has 1 fully saturated rings. The van der Waals surface area contributed by atoms with Crippen LogP contribution >= 0.6 is 0 Å². The summed E-state index contributed by atoms with van der Waals surface area (Å²) in [5.41, 5.74) is 2.63. The van der Waals surface area contributed by atoms with Gasteiger partial charge in [-0.15, -0.1) is 0 Å². The van der Waals surface area contributed by atoms with Crippen LogP contribution in [0.15, 0.2) is 42.5 Å². The first-order valence-electron chi connectivity index (χ1n) is 9.28. The molecule has 2 aromatic rings. The molecular weight excluding hydrogens is 326 g/mol. The molecule has 0 bridgehead atoms. The van der Waals surface area contributed by atoms with Gasteiger partial charge in [0.15, 0.2) is 0 Å². The first kappa shape index (κ1) is 18.3. The maximum Gasteiger partial charge on any atom is 0.257 e. The Morgan fingerprint density at radius 2 is 2.12 bits per heavy atom. The van der Waals surface area contributed by atoms with Crippen molar-refractivity contribution in [1.82, 2.24) is 4.90 Å². The number of aryl methyl sites for hydroxylation is 2. The molecule has 4 heteroatoms. The van der Waals surface area contributed by atoms with Crippen molar-refractivity contribution >= 4 is 5.91 Å². The monoisotopic (exact) mass is 353 g/mol. The van der Waals surface area contributed by atoms with E-state index in [2.05, 4.69) is 12.1 Å². The van der Waals surface area contributed by atoms with Gasteiger partial charge in [0, 0.05) is 13.1 Å². The fourth-order valence-electron chi connectivity index (χ4n) is 3.68. The topological polar surface area (TPSA) is 49.8 Å². The molecular formula is C22H27NO3. The number of nitrogens with zero attached hydrogens (tertiary/aromatic N) is 1. The van der Waals surface area contributed by atoms with E-state index in [1.165, 1.54) is 5.56 Å². The van der Waals surface area contributed by atoms with Crippen molar-refractivity contribution in [3.8, 4) is 11.5 Å². The number of rotatable bonds is 5. The summed E-state index contributed by atoms with van der Waals surface area (Å²) in [6, 6.07) is 13.4. The number of ether oxygens (including phenoxy) is 1. The molecule has 26 heavy (non-hydrogen) atoms. The van der Waals surface area contributed by atoms with Crippen LogP contribution in [0.5, 0.6) is 11.5 Å². The summed E-state index contributed by atoms with van der Waals surface area (Å²) in [6.45, 7) is 3.43. The lowest BCUT2D eigenvalue weighted by Gasteiger charge is -2.33. The van der Waals surface area contributed by atoms with Gasteiger partial charge in [0.1, 0.15) is 11.5 Å². The third kappa shape index (κ3) is 4.37. The van der Waals surface area contributed by atoms with Crippen molar-refractivity contribution in [2.45, 2.75) is 32.6 Å². The lowest BCUT2D eigenvalue weighted by atomic mass is 9.91. The minimum atomic E-state index is -0.0615. The number of methoxy groups -OCH3 is 1. The van der Waals surface area contributed by atoms with Gasteiger partial charge in [-0.1, -0.05) is 18.2 Å². The van der Waals surface area contributed by atoms with Crippen molar-refractivity contribution in [3.05, 3.63) is 59.2 Å². The van der Waals surface area contributed by atoms with Gasteiger partial charge in [0.2, 0.25) is 0 Å². The number of carbonyl (C=O) groups is 1.